The molecule has 0 bridgehead atoms. The van der Waals surface area contributed by atoms with Gasteiger partial charge in [0.2, 0.25) is 0 Å². The zero-order chi connectivity index (χ0) is 12.8. The summed E-state index contributed by atoms with van der Waals surface area (Å²) in [6.45, 7) is 6.77. The van der Waals surface area contributed by atoms with Gasteiger partial charge in [0.1, 0.15) is 16.7 Å². The van der Waals surface area contributed by atoms with Gasteiger partial charge in [0.05, 0.1) is 12.7 Å². The molecular formula is C13H18N2O2S. The molecule has 0 aliphatic carbocycles. The van der Waals surface area contributed by atoms with E-state index in [1.807, 2.05) is 18.5 Å². The van der Waals surface area contributed by atoms with Crippen LogP contribution in [-0.4, -0.2) is 29.7 Å². The van der Waals surface area contributed by atoms with E-state index in [0.29, 0.717) is 12.5 Å². The molecule has 1 fully saturated rings. The Morgan fingerprint density at radius 2 is 2.28 bits per heavy atom. The van der Waals surface area contributed by atoms with Crippen LogP contribution in [0.1, 0.15) is 32.2 Å². The van der Waals surface area contributed by atoms with Crippen LogP contribution in [0.5, 0.6) is 0 Å². The Hall–Kier alpha value is -0.940. The van der Waals surface area contributed by atoms with Gasteiger partial charge in [0, 0.05) is 24.4 Å². The van der Waals surface area contributed by atoms with Crippen LogP contribution in [0.3, 0.4) is 0 Å². The predicted octanol–water partition coefficient (Wildman–Crippen LogP) is 2.60. The average molecular weight is 266 g/mol. The Morgan fingerprint density at radius 1 is 1.44 bits per heavy atom. The van der Waals surface area contributed by atoms with Crippen molar-refractivity contribution in [3.05, 3.63) is 16.6 Å². The molecule has 0 spiro atoms. The molecule has 1 aromatic heterocycles. The SMILES string of the molecule is CC1=N[C@@]2(c3nccs3)CO[C@@H](C)C[C@H]2[C@@H](C)O1. The van der Waals surface area contributed by atoms with E-state index in [2.05, 4.69) is 18.8 Å². The minimum Gasteiger partial charge on any atom is -0.478 e. The molecule has 2 aliphatic rings. The minimum atomic E-state index is -0.331. The smallest absolute Gasteiger partial charge is 0.181 e. The van der Waals surface area contributed by atoms with Gasteiger partial charge in [-0.25, -0.2) is 9.98 Å². The molecule has 3 heterocycles. The van der Waals surface area contributed by atoms with Crippen molar-refractivity contribution in [1.82, 2.24) is 4.98 Å². The summed E-state index contributed by atoms with van der Waals surface area (Å²) in [5.41, 5.74) is -0.331. The summed E-state index contributed by atoms with van der Waals surface area (Å²) in [4.78, 5) is 9.27. The highest BCUT2D eigenvalue weighted by molar-refractivity contribution is 7.09. The topological polar surface area (TPSA) is 43.7 Å². The number of aromatic nitrogens is 1. The Kier molecular flexibility index (Phi) is 2.90. The minimum absolute atomic E-state index is 0.165. The number of aliphatic imine (C=N–C) groups is 1. The van der Waals surface area contributed by atoms with E-state index in [1.54, 1.807) is 11.3 Å². The molecule has 1 aromatic rings. The fourth-order valence-electron chi connectivity index (χ4n) is 3.06. The highest BCUT2D eigenvalue weighted by Gasteiger charge is 2.52. The second-order valence-corrected chi connectivity index (χ2v) is 6.07. The molecule has 0 amide bonds. The zero-order valence-electron chi connectivity index (χ0n) is 10.9. The Balaban J connectivity index is 2.08. The second-order valence-electron chi connectivity index (χ2n) is 5.18. The van der Waals surface area contributed by atoms with Crippen LogP contribution in [0.2, 0.25) is 0 Å². The number of thiazole rings is 1. The van der Waals surface area contributed by atoms with Gasteiger partial charge in [0.25, 0.3) is 0 Å². The van der Waals surface area contributed by atoms with Crippen molar-refractivity contribution < 1.29 is 9.47 Å². The fourth-order valence-corrected chi connectivity index (χ4v) is 3.89. The molecule has 2 aliphatic heterocycles. The first-order valence-electron chi connectivity index (χ1n) is 6.36. The molecule has 0 unspecified atom stereocenters. The quantitative estimate of drug-likeness (QED) is 0.784. The monoisotopic (exact) mass is 266 g/mol. The largest absolute Gasteiger partial charge is 0.478 e. The van der Waals surface area contributed by atoms with Crippen molar-refractivity contribution in [2.45, 2.75) is 44.9 Å². The van der Waals surface area contributed by atoms with E-state index in [0.717, 1.165) is 17.3 Å². The van der Waals surface area contributed by atoms with Gasteiger partial charge in [0.15, 0.2) is 5.90 Å². The normalized spacial score (nSPS) is 39.7. The predicted molar refractivity (Wildman–Crippen MR) is 71.0 cm³/mol. The molecule has 18 heavy (non-hydrogen) atoms. The molecule has 98 valence electrons. The maximum Gasteiger partial charge on any atom is 0.181 e. The lowest BCUT2D eigenvalue weighted by Gasteiger charge is -2.47. The second kappa shape index (κ2) is 4.31. The van der Waals surface area contributed by atoms with E-state index < -0.39 is 0 Å². The summed E-state index contributed by atoms with van der Waals surface area (Å²) in [5.74, 6) is 1.09. The standard InChI is InChI=1S/C13H18N2O2S/c1-8-6-11-9(2)17-10(3)15-13(11,7-16-8)12-14-4-5-18-12/h4-5,8-9,11H,6-7H2,1-3H3/t8-,9+,11-,13-/m0/s1. The lowest BCUT2D eigenvalue weighted by Crippen LogP contribution is -2.53. The maximum atomic E-state index is 5.88. The third-order valence-corrected chi connectivity index (χ3v) is 4.81. The first-order valence-corrected chi connectivity index (χ1v) is 7.24. The third-order valence-electron chi connectivity index (χ3n) is 3.87. The summed E-state index contributed by atoms with van der Waals surface area (Å²) < 4.78 is 11.7. The van der Waals surface area contributed by atoms with Crippen LogP contribution in [-0.2, 0) is 15.0 Å². The molecule has 5 heteroatoms. The van der Waals surface area contributed by atoms with Crippen LogP contribution in [0.25, 0.3) is 0 Å². The van der Waals surface area contributed by atoms with Gasteiger partial charge in [-0.2, -0.15) is 0 Å². The van der Waals surface area contributed by atoms with E-state index in [4.69, 9.17) is 14.5 Å². The lowest BCUT2D eigenvalue weighted by molar-refractivity contribution is -0.0935. The molecule has 0 radical (unpaired) electrons. The van der Waals surface area contributed by atoms with Crippen molar-refractivity contribution in [2.75, 3.05) is 6.61 Å². The van der Waals surface area contributed by atoms with Crippen LogP contribution >= 0.6 is 11.3 Å². The molecule has 1 saturated heterocycles. The van der Waals surface area contributed by atoms with Crippen LogP contribution < -0.4 is 0 Å². The van der Waals surface area contributed by atoms with E-state index in [-0.39, 0.29) is 17.7 Å². The van der Waals surface area contributed by atoms with Crippen molar-refractivity contribution in [3.8, 4) is 0 Å². The summed E-state index contributed by atoms with van der Waals surface area (Å²) in [6, 6.07) is 0. The first-order chi connectivity index (χ1) is 8.62. The summed E-state index contributed by atoms with van der Waals surface area (Å²) >= 11 is 1.66. The maximum absolute atomic E-state index is 5.88. The van der Waals surface area contributed by atoms with Crippen molar-refractivity contribution in [2.24, 2.45) is 10.9 Å². The fraction of sp³-hybridized carbons (Fsp3) is 0.692. The summed E-state index contributed by atoms with van der Waals surface area (Å²) in [5, 5.41) is 3.05. The molecule has 3 rings (SSSR count). The number of fused-ring (bicyclic) bond motifs is 1. The Morgan fingerprint density at radius 3 is 3.00 bits per heavy atom. The van der Waals surface area contributed by atoms with E-state index in [1.165, 1.54) is 0 Å². The number of hydrogen-bond donors (Lipinski definition) is 0. The van der Waals surface area contributed by atoms with Gasteiger partial charge in [-0.15, -0.1) is 11.3 Å². The van der Waals surface area contributed by atoms with Crippen molar-refractivity contribution in [3.63, 3.8) is 0 Å². The van der Waals surface area contributed by atoms with E-state index in [9.17, 15) is 0 Å². The van der Waals surface area contributed by atoms with Crippen molar-refractivity contribution >= 4 is 17.2 Å². The highest BCUT2D eigenvalue weighted by atomic mass is 32.1. The van der Waals surface area contributed by atoms with Crippen LogP contribution in [0.4, 0.5) is 0 Å². The Labute approximate surface area is 111 Å². The molecule has 4 nitrogen and oxygen atoms in total. The van der Waals surface area contributed by atoms with Crippen LogP contribution in [0, 0.1) is 5.92 Å². The molecule has 0 N–H and O–H groups in total. The van der Waals surface area contributed by atoms with Gasteiger partial charge in [-0.3, -0.25) is 0 Å². The summed E-state index contributed by atoms with van der Waals surface area (Å²) in [6.07, 6.45) is 3.24. The first kappa shape index (κ1) is 12.1. The van der Waals surface area contributed by atoms with Crippen LogP contribution in [0.15, 0.2) is 16.6 Å². The van der Waals surface area contributed by atoms with Gasteiger partial charge in [-0.1, -0.05) is 0 Å². The van der Waals surface area contributed by atoms with Gasteiger partial charge < -0.3 is 9.47 Å². The molecular weight excluding hydrogens is 248 g/mol. The summed E-state index contributed by atoms with van der Waals surface area (Å²) in [7, 11) is 0. The van der Waals surface area contributed by atoms with Gasteiger partial charge >= 0.3 is 0 Å². The lowest BCUT2D eigenvalue weighted by atomic mass is 9.75. The van der Waals surface area contributed by atoms with E-state index >= 15 is 0 Å². The molecule has 4 atom stereocenters. The zero-order valence-corrected chi connectivity index (χ0v) is 11.7. The molecule has 0 aromatic carbocycles. The van der Waals surface area contributed by atoms with Crippen molar-refractivity contribution in [1.29, 1.82) is 0 Å². The number of nitrogens with zero attached hydrogens (tertiary/aromatic N) is 2. The average Bonchev–Trinajstić information content (AvgIpc) is 2.84. The number of ether oxygens (including phenoxy) is 2. The highest BCUT2D eigenvalue weighted by Crippen LogP contribution is 2.46. The number of hydrogen-bond acceptors (Lipinski definition) is 5. The van der Waals surface area contributed by atoms with Gasteiger partial charge in [-0.05, 0) is 20.3 Å². The third kappa shape index (κ3) is 1.77. The Bertz CT molecular complexity index is 460. The number of rotatable bonds is 1. The molecule has 0 saturated carbocycles.